The number of hydrogen-bond donors (Lipinski definition) is 1. The summed E-state index contributed by atoms with van der Waals surface area (Å²) in [6, 6.07) is 0. The lowest BCUT2D eigenvalue weighted by molar-refractivity contribution is 0.0554. The number of halogens is 1. The molecule has 0 rings (SSSR count). The van der Waals surface area contributed by atoms with Gasteiger partial charge in [0.15, 0.2) is 0 Å². The number of aliphatic hydroxyl groups excluding tert-OH is 1. The van der Waals surface area contributed by atoms with Gasteiger partial charge in [0.05, 0.1) is 18.5 Å². The zero-order chi connectivity index (χ0) is 11.9. The van der Waals surface area contributed by atoms with E-state index in [-0.39, 0.29) is 18.9 Å². The van der Waals surface area contributed by atoms with Crippen molar-refractivity contribution >= 4 is 21.6 Å². The van der Waals surface area contributed by atoms with E-state index in [1.54, 1.807) is 0 Å². The van der Waals surface area contributed by atoms with Crippen molar-refractivity contribution in [1.82, 2.24) is 4.31 Å². The zero-order valence-electron chi connectivity index (χ0n) is 9.02. The van der Waals surface area contributed by atoms with Crippen molar-refractivity contribution in [2.45, 2.75) is 12.5 Å². The molecule has 0 bridgehead atoms. The lowest BCUT2D eigenvalue weighted by atomic mass is 10.4. The Morgan fingerprint density at radius 3 is 2.60 bits per heavy atom. The van der Waals surface area contributed by atoms with E-state index in [2.05, 4.69) is 0 Å². The summed E-state index contributed by atoms with van der Waals surface area (Å²) in [6.45, 7) is 0.161. The van der Waals surface area contributed by atoms with E-state index < -0.39 is 16.1 Å². The molecule has 0 aromatic heterocycles. The van der Waals surface area contributed by atoms with Crippen molar-refractivity contribution in [3.63, 3.8) is 0 Å². The maximum Gasteiger partial charge on any atom is 0.213 e. The standard InChI is InChI=1S/C8H18ClNO4S/c1-10(6-8(11)7-14-2)15(12,13)5-3-4-9/h8,11H,3-7H2,1-2H3. The minimum Gasteiger partial charge on any atom is -0.389 e. The highest BCUT2D eigenvalue weighted by Crippen LogP contribution is 2.03. The van der Waals surface area contributed by atoms with Crippen LogP contribution in [-0.4, -0.2) is 62.9 Å². The van der Waals surface area contributed by atoms with Gasteiger partial charge in [-0.15, -0.1) is 11.6 Å². The molecule has 92 valence electrons. The van der Waals surface area contributed by atoms with Gasteiger partial charge in [0.25, 0.3) is 0 Å². The summed E-state index contributed by atoms with van der Waals surface area (Å²) >= 11 is 5.42. The van der Waals surface area contributed by atoms with E-state index in [0.29, 0.717) is 12.3 Å². The van der Waals surface area contributed by atoms with Crippen molar-refractivity contribution in [2.24, 2.45) is 0 Å². The molecule has 0 spiro atoms. The first kappa shape index (κ1) is 15.1. The smallest absolute Gasteiger partial charge is 0.213 e. The monoisotopic (exact) mass is 259 g/mol. The Bertz CT molecular complexity index is 257. The number of alkyl halides is 1. The first-order valence-electron chi connectivity index (χ1n) is 4.61. The van der Waals surface area contributed by atoms with Gasteiger partial charge in [-0.25, -0.2) is 12.7 Å². The first-order valence-corrected chi connectivity index (χ1v) is 6.75. The Balaban J connectivity index is 4.12. The number of aliphatic hydroxyl groups is 1. The van der Waals surface area contributed by atoms with Crippen molar-refractivity contribution < 1.29 is 18.3 Å². The Kier molecular flexibility index (Phi) is 7.46. The second-order valence-corrected chi connectivity index (χ2v) is 5.82. The topological polar surface area (TPSA) is 66.8 Å². The van der Waals surface area contributed by atoms with Crippen LogP contribution < -0.4 is 0 Å². The van der Waals surface area contributed by atoms with E-state index in [4.69, 9.17) is 16.3 Å². The summed E-state index contributed by atoms with van der Waals surface area (Å²) in [7, 11) is -0.420. The van der Waals surface area contributed by atoms with Crippen LogP contribution in [0.15, 0.2) is 0 Å². The Morgan fingerprint density at radius 1 is 1.53 bits per heavy atom. The summed E-state index contributed by atoms with van der Waals surface area (Å²) in [5.41, 5.74) is 0. The fourth-order valence-corrected chi connectivity index (χ4v) is 2.56. The average Bonchev–Trinajstić information content (AvgIpc) is 2.15. The molecule has 0 amide bonds. The van der Waals surface area contributed by atoms with Gasteiger partial charge in [0.2, 0.25) is 10.0 Å². The fourth-order valence-electron chi connectivity index (χ4n) is 1.05. The van der Waals surface area contributed by atoms with E-state index >= 15 is 0 Å². The second-order valence-electron chi connectivity index (χ2n) is 3.25. The number of methoxy groups -OCH3 is 1. The predicted molar refractivity (Wildman–Crippen MR) is 59.6 cm³/mol. The highest BCUT2D eigenvalue weighted by molar-refractivity contribution is 7.89. The summed E-state index contributed by atoms with van der Waals surface area (Å²) in [4.78, 5) is 0. The molecule has 0 aliphatic rings. The number of nitrogens with zero attached hydrogens (tertiary/aromatic N) is 1. The van der Waals surface area contributed by atoms with Crippen LogP contribution in [0.25, 0.3) is 0 Å². The number of sulfonamides is 1. The van der Waals surface area contributed by atoms with Gasteiger partial charge in [0.1, 0.15) is 0 Å². The van der Waals surface area contributed by atoms with Crippen LogP contribution in [0, 0.1) is 0 Å². The summed E-state index contributed by atoms with van der Waals surface area (Å²) in [5.74, 6) is 0.320. The fraction of sp³-hybridized carbons (Fsp3) is 1.00. The summed E-state index contributed by atoms with van der Waals surface area (Å²) < 4.78 is 28.9. The molecule has 15 heavy (non-hydrogen) atoms. The molecule has 0 aliphatic carbocycles. The molecule has 0 heterocycles. The van der Waals surface area contributed by atoms with E-state index in [0.717, 1.165) is 4.31 Å². The molecule has 1 unspecified atom stereocenters. The third-order valence-electron chi connectivity index (χ3n) is 1.84. The molecule has 0 fully saturated rings. The molecule has 1 atom stereocenters. The SMILES string of the molecule is COCC(O)CN(C)S(=O)(=O)CCCCl. The molecule has 0 radical (unpaired) electrons. The van der Waals surface area contributed by atoms with Gasteiger partial charge in [-0.2, -0.15) is 0 Å². The quantitative estimate of drug-likeness (QED) is 0.618. The lowest BCUT2D eigenvalue weighted by Crippen LogP contribution is -2.37. The van der Waals surface area contributed by atoms with Crippen LogP contribution in [0.1, 0.15) is 6.42 Å². The van der Waals surface area contributed by atoms with Crippen LogP contribution in [-0.2, 0) is 14.8 Å². The highest BCUT2D eigenvalue weighted by Gasteiger charge is 2.19. The van der Waals surface area contributed by atoms with Crippen molar-refractivity contribution in [3.8, 4) is 0 Å². The van der Waals surface area contributed by atoms with Gasteiger partial charge in [-0.3, -0.25) is 0 Å². The van der Waals surface area contributed by atoms with E-state index in [9.17, 15) is 13.5 Å². The third kappa shape index (κ3) is 6.32. The number of likely N-dealkylation sites (N-methyl/N-ethyl adjacent to an activating group) is 1. The molecule has 5 nitrogen and oxygen atoms in total. The Morgan fingerprint density at radius 2 is 2.13 bits per heavy atom. The minimum absolute atomic E-state index is 0.00665. The molecule has 1 N–H and O–H groups in total. The second kappa shape index (κ2) is 7.40. The molecule has 7 heteroatoms. The molecule has 0 aromatic carbocycles. The Labute approximate surface area is 96.0 Å². The van der Waals surface area contributed by atoms with Gasteiger partial charge in [0, 0.05) is 26.6 Å². The lowest BCUT2D eigenvalue weighted by Gasteiger charge is -2.19. The van der Waals surface area contributed by atoms with Crippen molar-refractivity contribution in [2.75, 3.05) is 38.9 Å². The number of ether oxygens (including phenoxy) is 1. The normalized spacial score (nSPS) is 14.5. The van der Waals surface area contributed by atoms with Gasteiger partial charge in [-0.05, 0) is 6.42 Å². The summed E-state index contributed by atoms with van der Waals surface area (Å²) in [6.07, 6.45) is -0.389. The molecular weight excluding hydrogens is 242 g/mol. The van der Waals surface area contributed by atoms with Gasteiger partial charge < -0.3 is 9.84 Å². The molecule has 0 aliphatic heterocycles. The highest BCUT2D eigenvalue weighted by atomic mass is 35.5. The van der Waals surface area contributed by atoms with E-state index in [1.807, 2.05) is 0 Å². The third-order valence-corrected chi connectivity index (χ3v) is 4.01. The predicted octanol–water partition coefficient (Wildman–Crippen LogP) is -0.116. The average molecular weight is 260 g/mol. The van der Waals surface area contributed by atoms with Crippen molar-refractivity contribution in [1.29, 1.82) is 0 Å². The summed E-state index contributed by atoms with van der Waals surface area (Å²) in [5, 5.41) is 9.35. The minimum atomic E-state index is -3.30. The maximum absolute atomic E-state index is 11.5. The molecule has 0 saturated heterocycles. The molecule has 0 saturated carbocycles. The van der Waals surface area contributed by atoms with Gasteiger partial charge in [-0.1, -0.05) is 0 Å². The first-order chi connectivity index (χ1) is 6.94. The van der Waals surface area contributed by atoms with Crippen LogP contribution >= 0.6 is 11.6 Å². The largest absolute Gasteiger partial charge is 0.389 e. The van der Waals surface area contributed by atoms with E-state index in [1.165, 1.54) is 14.2 Å². The Hall–Kier alpha value is 0.120. The van der Waals surface area contributed by atoms with Crippen LogP contribution in [0.2, 0.25) is 0 Å². The number of hydrogen-bond acceptors (Lipinski definition) is 4. The molecular formula is C8H18ClNO4S. The van der Waals surface area contributed by atoms with Crippen LogP contribution in [0.5, 0.6) is 0 Å². The zero-order valence-corrected chi connectivity index (χ0v) is 10.6. The van der Waals surface area contributed by atoms with Crippen LogP contribution in [0.4, 0.5) is 0 Å². The molecule has 0 aromatic rings. The van der Waals surface area contributed by atoms with Crippen molar-refractivity contribution in [3.05, 3.63) is 0 Å². The van der Waals surface area contributed by atoms with Crippen LogP contribution in [0.3, 0.4) is 0 Å². The number of rotatable bonds is 8. The van der Waals surface area contributed by atoms with Gasteiger partial charge >= 0.3 is 0 Å². The maximum atomic E-state index is 11.5.